The summed E-state index contributed by atoms with van der Waals surface area (Å²) in [6, 6.07) is 8.31. The largest absolute Gasteiger partial charge is 0.378 e. The third kappa shape index (κ3) is 4.33. The first-order valence-electron chi connectivity index (χ1n) is 9.66. The van der Waals surface area contributed by atoms with Crippen LogP contribution in [-0.2, 0) is 22.4 Å². The van der Waals surface area contributed by atoms with Crippen molar-refractivity contribution in [3.05, 3.63) is 41.1 Å². The van der Waals surface area contributed by atoms with E-state index in [4.69, 9.17) is 14.7 Å². The molecule has 1 aliphatic carbocycles. The second-order valence-electron chi connectivity index (χ2n) is 7.14. The number of hydrogen-bond donors (Lipinski definition) is 0. The standard InChI is InChI=1S/C21H25N3O2S/c1-15-5-4-6-16(13-15)20-22-18-8-3-2-7-17(18)21(23-20)27-14-19(25)24-9-11-26-12-10-24/h4-6,13H,2-3,7-12,14H2,1H3. The van der Waals surface area contributed by atoms with E-state index in [1.165, 1.54) is 24.0 Å². The quantitative estimate of drug-likeness (QED) is 0.599. The van der Waals surface area contributed by atoms with Gasteiger partial charge in [-0.2, -0.15) is 0 Å². The van der Waals surface area contributed by atoms with Crippen molar-refractivity contribution >= 4 is 17.7 Å². The summed E-state index contributed by atoms with van der Waals surface area (Å²) in [6.07, 6.45) is 4.36. The third-order valence-electron chi connectivity index (χ3n) is 5.12. The lowest BCUT2D eigenvalue weighted by molar-refractivity contribution is -0.132. The Kier molecular flexibility index (Phi) is 5.74. The lowest BCUT2D eigenvalue weighted by Crippen LogP contribution is -2.41. The van der Waals surface area contributed by atoms with Crippen molar-refractivity contribution in [2.24, 2.45) is 0 Å². The molecule has 142 valence electrons. The maximum atomic E-state index is 12.5. The fraction of sp³-hybridized carbons (Fsp3) is 0.476. The number of hydrogen-bond acceptors (Lipinski definition) is 5. The normalized spacial score (nSPS) is 16.9. The molecule has 0 bridgehead atoms. The molecule has 0 N–H and O–H groups in total. The Hall–Kier alpha value is -1.92. The van der Waals surface area contributed by atoms with Crippen LogP contribution < -0.4 is 0 Å². The van der Waals surface area contributed by atoms with E-state index in [0.29, 0.717) is 32.1 Å². The van der Waals surface area contributed by atoms with Crippen molar-refractivity contribution in [3.8, 4) is 11.4 Å². The number of benzene rings is 1. The maximum absolute atomic E-state index is 12.5. The fourth-order valence-electron chi connectivity index (χ4n) is 3.63. The van der Waals surface area contributed by atoms with Crippen molar-refractivity contribution in [2.45, 2.75) is 37.6 Å². The van der Waals surface area contributed by atoms with Crippen LogP contribution in [-0.4, -0.2) is 52.8 Å². The number of carbonyl (C=O) groups is 1. The van der Waals surface area contributed by atoms with Crippen LogP contribution in [0.5, 0.6) is 0 Å². The predicted octanol–water partition coefficient (Wildman–Crippen LogP) is 3.28. The van der Waals surface area contributed by atoms with Gasteiger partial charge in [0, 0.05) is 29.9 Å². The summed E-state index contributed by atoms with van der Waals surface area (Å²) in [5.41, 5.74) is 4.65. The summed E-state index contributed by atoms with van der Waals surface area (Å²) in [7, 11) is 0. The molecule has 0 unspecified atom stereocenters. The number of ether oxygens (including phenoxy) is 1. The maximum Gasteiger partial charge on any atom is 0.233 e. The number of rotatable bonds is 4. The zero-order chi connectivity index (χ0) is 18.6. The summed E-state index contributed by atoms with van der Waals surface area (Å²) >= 11 is 1.57. The van der Waals surface area contributed by atoms with Crippen molar-refractivity contribution < 1.29 is 9.53 Å². The van der Waals surface area contributed by atoms with Gasteiger partial charge in [-0.25, -0.2) is 9.97 Å². The fourth-order valence-corrected chi connectivity index (χ4v) is 4.61. The number of thioether (sulfide) groups is 1. The van der Waals surface area contributed by atoms with Crippen LogP contribution in [0.4, 0.5) is 0 Å². The van der Waals surface area contributed by atoms with Gasteiger partial charge in [-0.15, -0.1) is 0 Å². The summed E-state index contributed by atoms with van der Waals surface area (Å²) in [4.78, 5) is 24.2. The Balaban J connectivity index is 1.58. The van der Waals surface area contributed by atoms with Gasteiger partial charge in [0.1, 0.15) is 5.03 Å². The Morgan fingerprint density at radius 2 is 2.00 bits per heavy atom. The first-order chi connectivity index (χ1) is 13.2. The highest BCUT2D eigenvalue weighted by molar-refractivity contribution is 7.99. The minimum absolute atomic E-state index is 0.170. The molecule has 27 heavy (non-hydrogen) atoms. The SMILES string of the molecule is Cc1cccc(-c2nc3c(c(SCC(=O)N4CCOCC4)n2)CCCC3)c1. The van der Waals surface area contributed by atoms with Gasteiger partial charge >= 0.3 is 0 Å². The number of aryl methyl sites for hydroxylation is 2. The molecule has 6 heteroatoms. The monoisotopic (exact) mass is 383 g/mol. The molecule has 4 rings (SSSR count). The van der Waals surface area contributed by atoms with E-state index in [1.54, 1.807) is 11.8 Å². The summed E-state index contributed by atoms with van der Waals surface area (Å²) in [5.74, 6) is 1.38. The highest BCUT2D eigenvalue weighted by Crippen LogP contribution is 2.31. The molecule has 1 saturated heterocycles. The molecule has 0 spiro atoms. The van der Waals surface area contributed by atoms with Gasteiger partial charge in [0.15, 0.2) is 5.82 Å². The van der Waals surface area contributed by atoms with Crippen molar-refractivity contribution in [2.75, 3.05) is 32.1 Å². The Morgan fingerprint density at radius 1 is 1.19 bits per heavy atom. The van der Waals surface area contributed by atoms with Crippen LogP contribution in [0.3, 0.4) is 0 Å². The molecule has 1 aliphatic heterocycles. The molecule has 1 aromatic heterocycles. The van der Waals surface area contributed by atoms with E-state index in [9.17, 15) is 4.79 Å². The number of fused-ring (bicyclic) bond motifs is 1. The predicted molar refractivity (Wildman–Crippen MR) is 107 cm³/mol. The van der Waals surface area contributed by atoms with Crippen molar-refractivity contribution in [3.63, 3.8) is 0 Å². The summed E-state index contributed by atoms with van der Waals surface area (Å²) in [5, 5.41) is 0.984. The van der Waals surface area contributed by atoms with Crippen molar-refractivity contribution in [1.29, 1.82) is 0 Å². The minimum atomic E-state index is 0.170. The average Bonchev–Trinajstić information content (AvgIpc) is 2.72. The number of nitrogens with zero attached hydrogens (tertiary/aromatic N) is 3. The molecule has 0 atom stereocenters. The van der Waals surface area contributed by atoms with E-state index in [1.807, 2.05) is 11.0 Å². The van der Waals surface area contributed by atoms with E-state index >= 15 is 0 Å². The first kappa shape index (κ1) is 18.4. The van der Waals surface area contributed by atoms with Crippen LogP contribution >= 0.6 is 11.8 Å². The van der Waals surface area contributed by atoms with Gasteiger partial charge in [0.2, 0.25) is 5.91 Å². The highest BCUT2D eigenvalue weighted by Gasteiger charge is 2.22. The number of carbonyl (C=O) groups excluding carboxylic acids is 1. The second kappa shape index (κ2) is 8.40. The van der Waals surface area contributed by atoms with Crippen LogP contribution in [0.15, 0.2) is 29.3 Å². The van der Waals surface area contributed by atoms with Crippen molar-refractivity contribution in [1.82, 2.24) is 14.9 Å². The molecule has 2 aromatic rings. The third-order valence-corrected chi connectivity index (χ3v) is 6.12. The van der Waals surface area contributed by atoms with E-state index in [-0.39, 0.29) is 5.91 Å². The van der Waals surface area contributed by atoms with Crippen LogP contribution in [0.1, 0.15) is 29.7 Å². The molecule has 2 aliphatic rings. The zero-order valence-corrected chi connectivity index (χ0v) is 16.6. The molecule has 2 heterocycles. The van der Waals surface area contributed by atoms with Gasteiger partial charge in [-0.05, 0) is 38.7 Å². The van der Waals surface area contributed by atoms with Crippen LogP contribution in [0, 0.1) is 6.92 Å². The van der Waals surface area contributed by atoms with Gasteiger partial charge in [0.25, 0.3) is 0 Å². The molecule has 0 radical (unpaired) electrons. The van der Waals surface area contributed by atoms with Gasteiger partial charge in [-0.3, -0.25) is 4.79 Å². The van der Waals surface area contributed by atoms with Crippen LogP contribution in [0.2, 0.25) is 0 Å². The molecular weight excluding hydrogens is 358 g/mol. The van der Waals surface area contributed by atoms with E-state index in [0.717, 1.165) is 34.9 Å². The molecule has 1 amide bonds. The number of amides is 1. The smallest absolute Gasteiger partial charge is 0.233 e. The molecular formula is C21H25N3O2S. The van der Waals surface area contributed by atoms with E-state index < -0.39 is 0 Å². The minimum Gasteiger partial charge on any atom is -0.378 e. The highest BCUT2D eigenvalue weighted by atomic mass is 32.2. The molecule has 5 nitrogen and oxygen atoms in total. The first-order valence-corrected chi connectivity index (χ1v) is 10.6. The van der Waals surface area contributed by atoms with Gasteiger partial charge in [0.05, 0.1) is 19.0 Å². The average molecular weight is 384 g/mol. The Morgan fingerprint density at radius 3 is 2.81 bits per heavy atom. The summed E-state index contributed by atoms with van der Waals surface area (Å²) < 4.78 is 5.34. The topological polar surface area (TPSA) is 55.3 Å². The Labute approximate surface area is 164 Å². The van der Waals surface area contributed by atoms with Gasteiger partial charge in [-0.1, -0.05) is 35.5 Å². The van der Waals surface area contributed by atoms with E-state index in [2.05, 4.69) is 25.1 Å². The lowest BCUT2D eigenvalue weighted by Gasteiger charge is -2.27. The molecule has 0 saturated carbocycles. The van der Waals surface area contributed by atoms with Crippen LogP contribution in [0.25, 0.3) is 11.4 Å². The second-order valence-corrected chi connectivity index (χ2v) is 8.10. The number of morpholine rings is 1. The van der Waals surface area contributed by atoms with Gasteiger partial charge < -0.3 is 9.64 Å². The molecule has 1 fully saturated rings. The zero-order valence-electron chi connectivity index (χ0n) is 15.7. The molecule has 1 aromatic carbocycles. The summed E-state index contributed by atoms with van der Waals surface area (Å²) in [6.45, 7) is 4.73. The lowest BCUT2D eigenvalue weighted by atomic mass is 9.97. The number of aromatic nitrogens is 2. The Bertz CT molecular complexity index is 834.